The Morgan fingerprint density at radius 3 is 2.63 bits per heavy atom. The molecule has 1 aliphatic rings. The highest BCUT2D eigenvalue weighted by atomic mass is 31.2. The number of carbonyl (C=O) groups is 1. The number of nitrogen functional groups attached to an aromatic ring is 1. The summed E-state index contributed by atoms with van der Waals surface area (Å²) in [6.45, 7) is 6.64. The van der Waals surface area contributed by atoms with Crippen LogP contribution in [0.4, 0.5) is 5.95 Å². The Balaban J connectivity index is 1.54. The van der Waals surface area contributed by atoms with Crippen LogP contribution in [0.25, 0.3) is 11.2 Å². The van der Waals surface area contributed by atoms with Crippen molar-refractivity contribution in [1.29, 1.82) is 0 Å². The number of aromatic nitrogens is 4. The third kappa shape index (κ3) is 6.77. The first-order chi connectivity index (χ1) is 19.3. The van der Waals surface area contributed by atoms with Gasteiger partial charge in [0.15, 0.2) is 17.4 Å². The van der Waals surface area contributed by atoms with Gasteiger partial charge in [0.2, 0.25) is 11.8 Å². The Morgan fingerprint density at radius 2 is 1.98 bits per heavy atom. The predicted molar refractivity (Wildman–Crippen MR) is 148 cm³/mol. The van der Waals surface area contributed by atoms with E-state index in [1.165, 1.54) is 24.9 Å². The molecule has 1 aliphatic heterocycles. The summed E-state index contributed by atoms with van der Waals surface area (Å²) in [6.07, 6.45) is -1.92. The molecule has 3 aromatic rings. The Morgan fingerprint density at radius 1 is 1.27 bits per heavy atom. The van der Waals surface area contributed by atoms with Gasteiger partial charge in [-0.25, -0.2) is 9.55 Å². The van der Waals surface area contributed by atoms with Crippen molar-refractivity contribution in [2.24, 2.45) is 11.7 Å². The van der Waals surface area contributed by atoms with Crippen LogP contribution in [0.1, 0.15) is 33.9 Å². The molecule has 1 unspecified atom stereocenters. The zero-order chi connectivity index (χ0) is 29.9. The van der Waals surface area contributed by atoms with Crippen LogP contribution >= 0.6 is 7.75 Å². The first-order valence-electron chi connectivity index (χ1n) is 12.9. The lowest BCUT2D eigenvalue weighted by molar-refractivity contribution is -0.146. The average molecular weight is 594 g/mol. The number of nitrogens with zero attached hydrogens (tertiary/aromatic N) is 4. The van der Waals surface area contributed by atoms with Gasteiger partial charge in [-0.3, -0.25) is 13.9 Å². The second-order valence-electron chi connectivity index (χ2n) is 10.3. The number of fused-ring (bicyclic) bond motifs is 1. The second kappa shape index (κ2) is 12.3. The summed E-state index contributed by atoms with van der Waals surface area (Å²) in [6, 6.07) is 7.27. The molecule has 1 saturated heterocycles. The van der Waals surface area contributed by atoms with Gasteiger partial charge in [-0.05, 0) is 31.9 Å². The van der Waals surface area contributed by atoms with Crippen LogP contribution in [-0.4, -0.2) is 74.7 Å². The molecular weight excluding hydrogens is 557 g/mol. The summed E-state index contributed by atoms with van der Waals surface area (Å²) < 4.78 is 43.4. The largest absolute Gasteiger partial charge is 0.479 e. The van der Waals surface area contributed by atoms with Gasteiger partial charge >= 0.3 is 13.7 Å². The number of aliphatic hydroxyl groups is 1. The van der Waals surface area contributed by atoms with Gasteiger partial charge < -0.3 is 35.3 Å². The van der Waals surface area contributed by atoms with E-state index < -0.39 is 50.3 Å². The highest BCUT2D eigenvalue weighted by Crippen LogP contribution is 2.47. The molecule has 0 radical (unpaired) electrons. The summed E-state index contributed by atoms with van der Waals surface area (Å²) in [5, 5.41) is 13.7. The van der Waals surface area contributed by atoms with Crippen molar-refractivity contribution in [3.8, 4) is 11.6 Å². The maximum atomic E-state index is 13.9. The maximum absolute atomic E-state index is 13.9. The number of para-hydroxylation sites is 1. The lowest BCUT2D eigenvalue weighted by Crippen LogP contribution is -2.52. The molecule has 1 fully saturated rings. The van der Waals surface area contributed by atoms with Crippen molar-refractivity contribution in [3.05, 3.63) is 36.7 Å². The van der Waals surface area contributed by atoms with Crippen molar-refractivity contribution in [1.82, 2.24) is 24.6 Å². The fourth-order valence-electron chi connectivity index (χ4n) is 4.19. The number of rotatable bonds is 12. The summed E-state index contributed by atoms with van der Waals surface area (Å²) >= 11 is 0. The summed E-state index contributed by atoms with van der Waals surface area (Å²) in [5.74, 6) is -0.175. The molecular formula is C25H36N7O8P. The van der Waals surface area contributed by atoms with E-state index in [1.54, 1.807) is 37.3 Å². The molecule has 4 rings (SSSR count). The summed E-state index contributed by atoms with van der Waals surface area (Å²) in [5.41, 5.74) is 11.6. The zero-order valence-corrected chi connectivity index (χ0v) is 24.4. The molecule has 0 amide bonds. The monoisotopic (exact) mass is 593 g/mol. The Kier molecular flexibility index (Phi) is 9.16. The van der Waals surface area contributed by atoms with E-state index in [4.69, 9.17) is 34.7 Å². The third-order valence-corrected chi connectivity index (χ3v) is 7.96. The third-order valence-electron chi connectivity index (χ3n) is 6.32. The number of ether oxygens (including phenoxy) is 3. The van der Waals surface area contributed by atoms with Gasteiger partial charge in [-0.15, -0.1) is 0 Å². The minimum Gasteiger partial charge on any atom is -0.479 e. The molecule has 2 aromatic heterocycles. The molecule has 0 bridgehead atoms. The van der Waals surface area contributed by atoms with E-state index in [2.05, 4.69) is 20.0 Å². The van der Waals surface area contributed by atoms with Crippen LogP contribution in [0.15, 0.2) is 36.7 Å². The molecule has 1 aromatic carbocycles. The van der Waals surface area contributed by atoms with Gasteiger partial charge in [0.1, 0.15) is 24.0 Å². The summed E-state index contributed by atoms with van der Waals surface area (Å²) in [4.78, 5) is 25.0. The SMILES string of the molecule is COc1nc(N)nc2c1ncn2[C@@H]1O[C@H](COP(=O)(N[C@@H](C)C(=O)OCC(C)C)Oc2ccccc2)[C@@H](O)[C@@]1(C)N. The number of imidazole rings is 1. The smallest absolute Gasteiger partial charge is 0.459 e. The number of nitrogens with two attached hydrogens (primary N) is 2. The van der Waals surface area contributed by atoms with Crippen molar-refractivity contribution >= 4 is 30.8 Å². The molecule has 6 atom stereocenters. The number of benzene rings is 1. The van der Waals surface area contributed by atoms with Crippen molar-refractivity contribution in [3.63, 3.8) is 0 Å². The Hall–Kier alpha value is -3.33. The molecule has 0 saturated carbocycles. The number of nitrogens with one attached hydrogen (secondary N) is 1. The van der Waals surface area contributed by atoms with Gasteiger partial charge in [0.25, 0.3) is 0 Å². The number of methoxy groups -OCH3 is 1. The molecule has 6 N–H and O–H groups in total. The average Bonchev–Trinajstić information content (AvgIpc) is 3.43. The number of carbonyl (C=O) groups excluding carboxylic acids is 1. The molecule has 0 spiro atoms. The standard InChI is InChI=1S/C25H36N7O8P/c1-14(2)11-37-22(34)15(3)31-41(35,40-16-9-7-6-8-10-16)38-12-17-19(33)25(4,27)23(39-17)32-13-28-18-20(32)29-24(26)30-21(18)36-5/h6-10,13-15,17,19,23,33H,11-12,27H2,1-5H3,(H,31,35)(H2,26,29,30)/t15-,17+,19+,23+,25+,41?/m0/s1. The lowest BCUT2D eigenvalue weighted by Gasteiger charge is -2.28. The van der Waals surface area contributed by atoms with Gasteiger partial charge in [0.05, 0.1) is 32.2 Å². The minimum atomic E-state index is -4.21. The van der Waals surface area contributed by atoms with Gasteiger partial charge in [-0.1, -0.05) is 32.0 Å². The fraction of sp³-hybridized carbons (Fsp3) is 0.520. The normalized spacial score (nSPS) is 24.7. The molecule has 16 heteroatoms. The highest BCUT2D eigenvalue weighted by Gasteiger charge is 2.53. The topological polar surface area (TPSA) is 208 Å². The van der Waals surface area contributed by atoms with E-state index >= 15 is 0 Å². The first kappa shape index (κ1) is 30.6. The molecule has 41 heavy (non-hydrogen) atoms. The Bertz CT molecular complexity index is 1400. The van der Waals surface area contributed by atoms with Crippen LogP contribution < -0.4 is 25.8 Å². The molecule has 224 valence electrons. The molecule has 0 aliphatic carbocycles. The van der Waals surface area contributed by atoms with Crippen LogP contribution in [0, 0.1) is 5.92 Å². The van der Waals surface area contributed by atoms with Gasteiger partial charge in [0, 0.05) is 0 Å². The quantitative estimate of drug-likeness (QED) is 0.174. The number of hydrogen-bond donors (Lipinski definition) is 4. The molecule has 15 nitrogen and oxygen atoms in total. The summed E-state index contributed by atoms with van der Waals surface area (Å²) in [7, 11) is -2.79. The number of aliphatic hydroxyl groups excluding tert-OH is 1. The van der Waals surface area contributed by atoms with Crippen LogP contribution in [0.3, 0.4) is 0 Å². The van der Waals surface area contributed by atoms with E-state index in [9.17, 15) is 14.5 Å². The number of esters is 1. The van der Waals surface area contributed by atoms with Crippen LogP contribution in [0.5, 0.6) is 11.6 Å². The van der Waals surface area contributed by atoms with E-state index in [0.717, 1.165) is 0 Å². The van der Waals surface area contributed by atoms with Crippen LogP contribution in [0.2, 0.25) is 0 Å². The fourth-order valence-corrected chi connectivity index (χ4v) is 5.70. The predicted octanol–water partition coefficient (Wildman–Crippen LogP) is 1.77. The minimum absolute atomic E-state index is 0.0561. The van der Waals surface area contributed by atoms with E-state index in [0.29, 0.717) is 5.52 Å². The Labute approximate surface area is 237 Å². The van der Waals surface area contributed by atoms with Crippen molar-refractivity contribution in [2.45, 2.75) is 57.7 Å². The van der Waals surface area contributed by atoms with Crippen molar-refractivity contribution in [2.75, 3.05) is 26.1 Å². The van der Waals surface area contributed by atoms with Gasteiger partial charge in [-0.2, -0.15) is 15.1 Å². The van der Waals surface area contributed by atoms with E-state index in [-0.39, 0.29) is 35.7 Å². The first-order valence-corrected chi connectivity index (χ1v) is 14.5. The second-order valence-corrected chi connectivity index (χ2v) is 12.0. The lowest BCUT2D eigenvalue weighted by atomic mass is 9.93. The van der Waals surface area contributed by atoms with Crippen LogP contribution in [-0.2, 0) is 23.4 Å². The van der Waals surface area contributed by atoms with Crippen molar-refractivity contribution < 1.29 is 37.7 Å². The highest BCUT2D eigenvalue weighted by molar-refractivity contribution is 7.52. The number of anilines is 1. The zero-order valence-electron chi connectivity index (χ0n) is 23.5. The van der Waals surface area contributed by atoms with E-state index in [1.807, 2.05) is 13.8 Å². The molecule has 3 heterocycles. The maximum Gasteiger partial charge on any atom is 0.459 e. The number of hydrogen-bond acceptors (Lipinski definition) is 13.